The van der Waals surface area contributed by atoms with Crippen LogP contribution in [0.15, 0.2) is 48.8 Å². The van der Waals surface area contributed by atoms with Gasteiger partial charge in [0.25, 0.3) is 0 Å². The van der Waals surface area contributed by atoms with Crippen molar-refractivity contribution >= 4 is 16.9 Å². The van der Waals surface area contributed by atoms with Crippen LogP contribution in [0.3, 0.4) is 0 Å². The molecule has 0 aliphatic carbocycles. The van der Waals surface area contributed by atoms with Gasteiger partial charge in [0.1, 0.15) is 28.8 Å². The molecule has 1 fully saturated rings. The van der Waals surface area contributed by atoms with Crippen molar-refractivity contribution in [2.75, 3.05) is 26.7 Å². The van der Waals surface area contributed by atoms with Gasteiger partial charge in [-0.2, -0.15) is 13.2 Å². The topological polar surface area (TPSA) is 83.6 Å². The second kappa shape index (κ2) is 10.4. The highest BCUT2D eigenvalue weighted by molar-refractivity contribution is 5.83. The first kappa shape index (κ1) is 27.1. The number of carbonyl (C=O) groups excluding carboxylic acids is 1. The molecule has 2 aliphatic rings. The number of hydrogen-bond donors (Lipinski definition) is 1. The van der Waals surface area contributed by atoms with E-state index in [1.165, 1.54) is 6.20 Å². The molecule has 0 radical (unpaired) electrons. The van der Waals surface area contributed by atoms with Crippen molar-refractivity contribution in [3.63, 3.8) is 0 Å². The predicted octanol–water partition coefficient (Wildman–Crippen LogP) is 5.46. The molecule has 2 aliphatic heterocycles. The van der Waals surface area contributed by atoms with Crippen molar-refractivity contribution in [2.24, 2.45) is 0 Å². The number of likely N-dealkylation sites (tertiary alicyclic amines) is 1. The van der Waals surface area contributed by atoms with Gasteiger partial charge in [-0.3, -0.25) is 9.69 Å². The number of aromatic amines is 1. The van der Waals surface area contributed by atoms with Crippen LogP contribution in [0.4, 0.5) is 13.2 Å². The summed E-state index contributed by atoms with van der Waals surface area (Å²) in [5.74, 6) is 0.585. The molecule has 6 rings (SSSR count). The van der Waals surface area contributed by atoms with Gasteiger partial charge in [0, 0.05) is 37.7 Å². The summed E-state index contributed by atoms with van der Waals surface area (Å²) in [6.07, 6.45) is -1.56. The number of H-pyrrole nitrogens is 1. The Morgan fingerprint density at radius 1 is 1.15 bits per heavy atom. The van der Waals surface area contributed by atoms with Crippen LogP contribution in [-0.4, -0.2) is 63.4 Å². The van der Waals surface area contributed by atoms with Crippen LogP contribution in [0.5, 0.6) is 17.4 Å². The third-order valence-electron chi connectivity index (χ3n) is 7.71. The third kappa shape index (κ3) is 5.46. The van der Waals surface area contributed by atoms with Crippen LogP contribution >= 0.6 is 0 Å². The highest BCUT2D eigenvalue weighted by Gasteiger charge is 2.38. The lowest BCUT2D eigenvalue weighted by molar-refractivity contribution is -0.140. The highest BCUT2D eigenvalue weighted by atomic mass is 19.4. The van der Waals surface area contributed by atoms with Gasteiger partial charge >= 0.3 is 6.18 Å². The van der Waals surface area contributed by atoms with E-state index in [9.17, 15) is 18.0 Å². The molecule has 1 atom stereocenters. The van der Waals surface area contributed by atoms with Crippen molar-refractivity contribution in [3.05, 3.63) is 76.7 Å². The number of alkyl halides is 3. The van der Waals surface area contributed by atoms with Gasteiger partial charge in [0.05, 0.1) is 17.8 Å². The Labute approximate surface area is 235 Å². The second-order valence-electron chi connectivity index (χ2n) is 10.8. The van der Waals surface area contributed by atoms with Crippen molar-refractivity contribution in [1.82, 2.24) is 24.8 Å². The number of aromatic nitrogens is 3. The molecule has 41 heavy (non-hydrogen) atoms. The van der Waals surface area contributed by atoms with Crippen molar-refractivity contribution in [2.45, 2.75) is 45.0 Å². The standard InChI is InChI=1S/C30H30F3N5O3/c1-17-10-24-26(6-8-34-28(24)36-17)40-21-5-4-20-7-9-38(18(2)23(20)13-21)27(39)12-19-11-25(30(31,32)33)29(35-14-19)41-22-15-37(3)16-22/h4-6,8,10-11,13-14,18,22H,7,9,12,15-16H2,1-3H3,(H,34,36)/t18-/m0/s1. The molecule has 1 saturated heterocycles. The number of aryl methyl sites for hydroxylation is 1. The number of nitrogens with one attached hydrogen (secondary N) is 1. The quantitative estimate of drug-likeness (QED) is 0.335. The van der Waals surface area contributed by atoms with Gasteiger partial charge in [-0.25, -0.2) is 9.97 Å². The average molecular weight is 566 g/mol. The van der Waals surface area contributed by atoms with Crippen molar-refractivity contribution in [1.29, 1.82) is 0 Å². The summed E-state index contributed by atoms with van der Waals surface area (Å²) in [6.45, 7) is 5.43. The zero-order valence-electron chi connectivity index (χ0n) is 23.0. The first-order valence-corrected chi connectivity index (χ1v) is 13.5. The molecular formula is C30H30F3N5O3. The molecule has 4 aromatic rings. The Bertz CT molecular complexity index is 1610. The summed E-state index contributed by atoms with van der Waals surface area (Å²) < 4.78 is 53.2. The van der Waals surface area contributed by atoms with Crippen LogP contribution in [0.2, 0.25) is 0 Å². The van der Waals surface area contributed by atoms with E-state index in [-0.39, 0.29) is 30.0 Å². The van der Waals surface area contributed by atoms with Gasteiger partial charge in [-0.05, 0) is 74.3 Å². The number of benzene rings is 1. The fourth-order valence-electron chi connectivity index (χ4n) is 5.59. The molecule has 11 heteroatoms. The van der Waals surface area contributed by atoms with E-state index >= 15 is 0 Å². The summed E-state index contributed by atoms with van der Waals surface area (Å²) in [6, 6.07) is 10.3. The molecule has 8 nitrogen and oxygen atoms in total. The third-order valence-corrected chi connectivity index (χ3v) is 7.71. The Morgan fingerprint density at radius 2 is 1.95 bits per heavy atom. The number of hydrogen-bond acceptors (Lipinski definition) is 6. The Morgan fingerprint density at radius 3 is 2.71 bits per heavy atom. The lowest BCUT2D eigenvalue weighted by atomic mass is 9.92. The minimum absolute atomic E-state index is 0.194. The van der Waals surface area contributed by atoms with Crippen LogP contribution in [-0.2, 0) is 23.8 Å². The first-order chi connectivity index (χ1) is 19.5. The van der Waals surface area contributed by atoms with Crippen LogP contribution in [0.1, 0.15) is 40.9 Å². The number of carbonyl (C=O) groups is 1. The zero-order chi connectivity index (χ0) is 28.9. The number of pyridine rings is 2. The summed E-state index contributed by atoms with van der Waals surface area (Å²) in [7, 11) is 1.86. The molecule has 5 heterocycles. The van der Waals surface area contributed by atoms with E-state index < -0.39 is 17.6 Å². The maximum atomic E-state index is 13.8. The number of likely N-dealkylation sites (N-methyl/N-ethyl adjacent to an activating group) is 1. The van der Waals surface area contributed by atoms with Gasteiger partial charge in [-0.15, -0.1) is 0 Å². The predicted molar refractivity (Wildman–Crippen MR) is 146 cm³/mol. The van der Waals surface area contributed by atoms with Crippen LogP contribution in [0.25, 0.3) is 11.0 Å². The molecule has 0 spiro atoms. The Balaban J connectivity index is 1.19. The minimum atomic E-state index is -4.65. The van der Waals surface area contributed by atoms with Gasteiger partial charge in [0.15, 0.2) is 0 Å². The summed E-state index contributed by atoms with van der Waals surface area (Å²) in [4.78, 5) is 28.5. The molecule has 0 unspecified atom stereocenters. The van der Waals surface area contributed by atoms with Gasteiger partial charge in [0.2, 0.25) is 11.8 Å². The lowest BCUT2D eigenvalue weighted by Gasteiger charge is -2.36. The number of nitrogens with zero attached hydrogens (tertiary/aromatic N) is 4. The van der Waals surface area contributed by atoms with Crippen molar-refractivity contribution < 1.29 is 27.4 Å². The summed E-state index contributed by atoms with van der Waals surface area (Å²) in [5, 5.41) is 0.871. The SMILES string of the molecule is Cc1cc2c(Oc3ccc4c(c3)[C@H](C)N(C(=O)Cc3cnc(OC5CN(C)C5)c(C(F)(F)F)c3)CC4)ccnc2[nH]1. The maximum Gasteiger partial charge on any atom is 0.421 e. The summed E-state index contributed by atoms with van der Waals surface area (Å²) in [5.41, 5.74) is 3.00. The molecule has 3 aromatic heterocycles. The molecule has 1 amide bonds. The fraction of sp³-hybridized carbons (Fsp3) is 0.367. The van der Waals surface area contributed by atoms with Crippen molar-refractivity contribution in [3.8, 4) is 17.4 Å². The Kier molecular flexibility index (Phi) is 6.85. The normalized spacial score (nSPS) is 17.8. The number of ether oxygens (including phenoxy) is 2. The number of fused-ring (bicyclic) bond motifs is 2. The van der Waals surface area contributed by atoms with E-state index in [1.54, 1.807) is 17.2 Å². The number of amides is 1. The van der Waals surface area contributed by atoms with E-state index in [4.69, 9.17) is 9.47 Å². The van der Waals surface area contributed by atoms with E-state index in [1.807, 2.05) is 50.1 Å². The lowest BCUT2D eigenvalue weighted by Crippen LogP contribution is -2.51. The molecule has 1 N–H and O–H groups in total. The first-order valence-electron chi connectivity index (χ1n) is 13.5. The minimum Gasteiger partial charge on any atom is -0.471 e. The number of halogens is 3. The largest absolute Gasteiger partial charge is 0.471 e. The van der Waals surface area contributed by atoms with E-state index in [0.717, 1.165) is 33.9 Å². The highest BCUT2D eigenvalue weighted by Crippen LogP contribution is 2.38. The average Bonchev–Trinajstić information content (AvgIpc) is 3.29. The van der Waals surface area contributed by atoms with Gasteiger partial charge < -0.3 is 19.4 Å². The molecule has 0 saturated carbocycles. The molecule has 0 bridgehead atoms. The molecule has 1 aromatic carbocycles. The van der Waals surface area contributed by atoms with Crippen LogP contribution in [0, 0.1) is 6.92 Å². The van der Waals surface area contributed by atoms with Crippen LogP contribution < -0.4 is 9.47 Å². The zero-order valence-corrected chi connectivity index (χ0v) is 23.0. The molecular weight excluding hydrogens is 535 g/mol. The smallest absolute Gasteiger partial charge is 0.421 e. The Hall–Kier alpha value is -4.12. The summed E-state index contributed by atoms with van der Waals surface area (Å²) >= 11 is 0. The van der Waals surface area contributed by atoms with Gasteiger partial charge in [-0.1, -0.05) is 6.07 Å². The van der Waals surface area contributed by atoms with E-state index in [0.29, 0.717) is 37.6 Å². The fourth-order valence-corrected chi connectivity index (χ4v) is 5.59. The number of rotatable bonds is 6. The second-order valence-corrected chi connectivity index (χ2v) is 10.8. The molecule has 214 valence electrons. The monoisotopic (exact) mass is 565 g/mol. The maximum absolute atomic E-state index is 13.8. The van der Waals surface area contributed by atoms with E-state index in [2.05, 4.69) is 15.0 Å².